The van der Waals surface area contributed by atoms with Crippen LogP contribution in [-0.2, 0) is 0 Å². The van der Waals surface area contributed by atoms with E-state index in [1.54, 1.807) is 5.57 Å². The van der Waals surface area contributed by atoms with Gasteiger partial charge in [-0.25, -0.2) is 0 Å². The topological polar surface area (TPSA) is 6.48 Å². The zero-order valence-corrected chi connectivity index (χ0v) is 14.1. The molecule has 2 nitrogen and oxygen atoms in total. The van der Waals surface area contributed by atoms with Gasteiger partial charge < -0.3 is 4.90 Å². The van der Waals surface area contributed by atoms with Gasteiger partial charge in [0.1, 0.15) is 0 Å². The largest absolute Gasteiger partial charge is 0.301 e. The summed E-state index contributed by atoms with van der Waals surface area (Å²) in [7, 11) is 0. The second kappa shape index (κ2) is 7.61. The van der Waals surface area contributed by atoms with Gasteiger partial charge >= 0.3 is 0 Å². The van der Waals surface area contributed by atoms with Gasteiger partial charge in [-0.15, -0.1) is 0 Å². The summed E-state index contributed by atoms with van der Waals surface area (Å²) < 4.78 is 0. The van der Waals surface area contributed by atoms with Gasteiger partial charge in [0.2, 0.25) is 0 Å². The van der Waals surface area contributed by atoms with Crippen LogP contribution in [0, 0.1) is 11.8 Å². The third-order valence-corrected chi connectivity index (χ3v) is 5.11. The fourth-order valence-corrected chi connectivity index (χ4v) is 3.49. The first-order valence-corrected chi connectivity index (χ1v) is 8.71. The molecule has 1 saturated heterocycles. The van der Waals surface area contributed by atoms with Crippen LogP contribution in [-0.4, -0.2) is 48.6 Å². The number of allylic oxidation sites excluding steroid dienone is 1. The fourth-order valence-electron chi connectivity index (χ4n) is 3.49. The summed E-state index contributed by atoms with van der Waals surface area (Å²) in [5.74, 6) is 1.59. The number of piperazine rings is 1. The molecule has 0 bridgehead atoms. The van der Waals surface area contributed by atoms with E-state index in [1.165, 1.54) is 58.4 Å². The lowest BCUT2D eigenvalue weighted by molar-refractivity contribution is 0.0879. The van der Waals surface area contributed by atoms with Crippen molar-refractivity contribution in [3.05, 3.63) is 11.6 Å². The average Bonchev–Trinajstić information content (AvgIpc) is 2.46. The van der Waals surface area contributed by atoms with E-state index in [4.69, 9.17) is 0 Å². The fraction of sp³-hybridized carbons (Fsp3) is 0.889. The third-order valence-electron chi connectivity index (χ3n) is 5.11. The number of nitrogens with zero attached hydrogens (tertiary/aromatic N) is 2. The van der Waals surface area contributed by atoms with Crippen LogP contribution in [0.4, 0.5) is 0 Å². The van der Waals surface area contributed by atoms with E-state index in [9.17, 15) is 0 Å². The van der Waals surface area contributed by atoms with Gasteiger partial charge in [0.25, 0.3) is 0 Å². The summed E-state index contributed by atoms with van der Waals surface area (Å²) in [6.07, 6.45) is 7.89. The Morgan fingerprint density at radius 2 is 1.80 bits per heavy atom. The molecule has 0 saturated carbocycles. The zero-order chi connectivity index (χ0) is 14.5. The van der Waals surface area contributed by atoms with E-state index in [2.05, 4.69) is 43.6 Å². The Morgan fingerprint density at radius 3 is 2.30 bits per heavy atom. The summed E-state index contributed by atoms with van der Waals surface area (Å²) in [5, 5.41) is 0. The molecule has 1 fully saturated rings. The molecule has 2 rings (SSSR count). The summed E-state index contributed by atoms with van der Waals surface area (Å²) in [5.41, 5.74) is 1.69. The molecule has 0 N–H and O–H groups in total. The maximum absolute atomic E-state index is 2.75. The molecule has 0 spiro atoms. The van der Waals surface area contributed by atoms with E-state index in [1.807, 2.05) is 0 Å². The maximum atomic E-state index is 2.75. The zero-order valence-electron chi connectivity index (χ0n) is 14.1. The molecule has 0 amide bonds. The van der Waals surface area contributed by atoms with E-state index >= 15 is 0 Å². The minimum atomic E-state index is 0.754. The number of rotatable bonds is 5. The first-order valence-electron chi connectivity index (χ1n) is 8.71. The molecule has 20 heavy (non-hydrogen) atoms. The van der Waals surface area contributed by atoms with E-state index < -0.39 is 0 Å². The Balaban J connectivity index is 1.72. The lowest BCUT2D eigenvalue weighted by atomic mass is 9.88. The van der Waals surface area contributed by atoms with Crippen LogP contribution in [0.3, 0.4) is 0 Å². The smallest absolute Gasteiger partial charge is 0.0134 e. The predicted octanol–water partition coefficient (Wildman–Crippen LogP) is 3.79. The molecule has 1 unspecified atom stereocenters. The molecule has 0 aromatic carbocycles. The predicted molar refractivity (Wildman–Crippen MR) is 88.0 cm³/mol. The molecule has 1 aliphatic carbocycles. The van der Waals surface area contributed by atoms with Crippen LogP contribution in [0.15, 0.2) is 11.6 Å². The van der Waals surface area contributed by atoms with Crippen LogP contribution >= 0.6 is 0 Å². The SMILES string of the molecule is CC(C)CCN1CCN(C2CC=C(C(C)C)CC2)CC1. The molecule has 0 aromatic heterocycles. The Labute approximate surface area is 126 Å². The van der Waals surface area contributed by atoms with Gasteiger partial charge in [-0.1, -0.05) is 39.3 Å². The first kappa shape index (κ1) is 16.0. The van der Waals surface area contributed by atoms with Gasteiger partial charge in [-0.3, -0.25) is 4.90 Å². The van der Waals surface area contributed by atoms with Gasteiger partial charge in [-0.2, -0.15) is 0 Å². The van der Waals surface area contributed by atoms with Crippen molar-refractivity contribution in [3.63, 3.8) is 0 Å². The van der Waals surface area contributed by atoms with Crippen molar-refractivity contribution >= 4 is 0 Å². The van der Waals surface area contributed by atoms with Crippen molar-refractivity contribution in [2.24, 2.45) is 11.8 Å². The molecule has 1 aliphatic heterocycles. The summed E-state index contributed by atoms with van der Waals surface area (Å²) >= 11 is 0. The lowest BCUT2D eigenvalue weighted by Gasteiger charge is -2.40. The van der Waals surface area contributed by atoms with Crippen molar-refractivity contribution in [2.75, 3.05) is 32.7 Å². The van der Waals surface area contributed by atoms with Crippen molar-refractivity contribution in [1.29, 1.82) is 0 Å². The van der Waals surface area contributed by atoms with Crippen molar-refractivity contribution in [2.45, 2.75) is 59.4 Å². The molecule has 1 atom stereocenters. The van der Waals surface area contributed by atoms with Crippen molar-refractivity contribution in [3.8, 4) is 0 Å². The van der Waals surface area contributed by atoms with Gasteiger partial charge in [0, 0.05) is 32.2 Å². The summed E-state index contributed by atoms with van der Waals surface area (Å²) in [4.78, 5) is 5.41. The highest BCUT2D eigenvalue weighted by Crippen LogP contribution is 2.27. The quantitative estimate of drug-likeness (QED) is 0.706. The standard InChI is InChI=1S/C18H34N2/c1-15(2)9-10-19-11-13-20(14-12-19)18-7-5-17(6-8-18)16(3)4/h5,15-16,18H,6-14H2,1-4H3. The van der Waals surface area contributed by atoms with E-state index in [-0.39, 0.29) is 0 Å². The number of hydrogen-bond donors (Lipinski definition) is 0. The van der Waals surface area contributed by atoms with Gasteiger partial charge in [0.15, 0.2) is 0 Å². The molecule has 1 heterocycles. The Bertz CT molecular complexity index is 311. The van der Waals surface area contributed by atoms with Crippen LogP contribution < -0.4 is 0 Å². The van der Waals surface area contributed by atoms with Crippen molar-refractivity contribution in [1.82, 2.24) is 9.80 Å². The van der Waals surface area contributed by atoms with Gasteiger partial charge in [0.05, 0.1) is 0 Å². The Hall–Kier alpha value is -0.340. The second-order valence-electron chi connectivity index (χ2n) is 7.42. The minimum Gasteiger partial charge on any atom is -0.301 e. The maximum Gasteiger partial charge on any atom is 0.0134 e. The molecular weight excluding hydrogens is 244 g/mol. The van der Waals surface area contributed by atoms with Crippen molar-refractivity contribution < 1.29 is 0 Å². The molecule has 0 radical (unpaired) electrons. The number of hydrogen-bond acceptors (Lipinski definition) is 2. The highest BCUT2D eigenvalue weighted by molar-refractivity contribution is 5.10. The minimum absolute atomic E-state index is 0.754. The normalized spacial score (nSPS) is 26.3. The van der Waals surface area contributed by atoms with Crippen LogP contribution in [0.2, 0.25) is 0 Å². The molecular formula is C18H34N2. The second-order valence-corrected chi connectivity index (χ2v) is 7.42. The van der Waals surface area contributed by atoms with E-state index in [0.29, 0.717) is 0 Å². The Kier molecular flexibility index (Phi) is 6.10. The first-order chi connectivity index (χ1) is 9.56. The van der Waals surface area contributed by atoms with Crippen LogP contribution in [0.25, 0.3) is 0 Å². The summed E-state index contributed by atoms with van der Waals surface area (Å²) in [6, 6.07) is 0.824. The lowest BCUT2D eigenvalue weighted by Crippen LogP contribution is -2.50. The van der Waals surface area contributed by atoms with E-state index in [0.717, 1.165) is 17.9 Å². The monoisotopic (exact) mass is 278 g/mol. The molecule has 2 aliphatic rings. The van der Waals surface area contributed by atoms with Crippen LogP contribution in [0.5, 0.6) is 0 Å². The third kappa shape index (κ3) is 4.60. The van der Waals surface area contributed by atoms with Gasteiger partial charge in [-0.05, 0) is 44.1 Å². The molecule has 0 aromatic rings. The highest BCUT2D eigenvalue weighted by Gasteiger charge is 2.25. The average molecular weight is 278 g/mol. The van der Waals surface area contributed by atoms with Crippen LogP contribution in [0.1, 0.15) is 53.4 Å². The summed E-state index contributed by atoms with van der Waals surface area (Å²) in [6.45, 7) is 15.8. The highest BCUT2D eigenvalue weighted by atomic mass is 15.3. The Morgan fingerprint density at radius 1 is 1.10 bits per heavy atom. The molecule has 2 heteroatoms. The molecule has 116 valence electrons.